The number of benzene rings is 4. The normalized spacial score (nSPS) is 11.0. The largest absolute Gasteiger partial charge is 0.380 e. The second kappa shape index (κ2) is 10.5. The summed E-state index contributed by atoms with van der Waals surface area (Å²) in [6.07, 6.45) is 2.30. The van der Waals surface area contributed by atoms with E-state index < -0.39 is 17.2 Å². The fourth-order valence-electron chi connectivity index (χ4n) is 4.15. The van der Waals surface area contributed by atoms with Crippen molar-refractivity contribution in [2.75, 3.05) is 7.11 Å². The van der Waals surface area contributed by atoms with E-state index in [-0.39, 0.29) is 12.2 Å². The average Bonchev–Trinajstić information content (AvgIpc) is 2.83. The number of rotatable bonds is 8. The van der Waals surface area contributed by atoms with E-state index in [0.29, 0.717) is 29.5 Å². The maximum atomic E-state index is 15.1. The Morgan fingerprint density at radius 2 is 1.32 bits per heavy atom. The van der Waals surface area contributed by atoms with Gasteiger partial charge in [0, 0.05) is 12.5 Å². The lowest BCUT2D eigenvalue weighted by Gasteiger charge is -2.10. The Kier molecular flexibility index (Phi) is 7.30. The fraction of sp³-hybridized carbons (Fsp3) is 0.207. The van der Waals surface area contributed by atoms with Gasteiger partial charge >= 0.3 is 0 Å². The second-order valence-corrected chi connectivity index (χ2v) is 8.39. The van der Waals surface area contributed by atoms with Gasteiger partial charge in [-0.2, -0.15) is 5.26 Å². The topological polar surface area (TPSA) is 33.0 Å². The molecule has 4 rings (SSSR count). The molecule has 4 aromatic carbocycles. The molecule has 0 aliphatic rings. The number of ether oxygens (including phenoxy) is 1. The zero-order valence-electron chi connectivity index (χ0n) is 18.9. The van der Waals surface area contributed by atoms with Gasteiger partial charge in [0.15, 0.2) is 0 Å². The lowest BCUT2D eigenvalue weighted by atomic mass is 9.97. The van der Waals surface area contributed by atoms with E-state index in [1.165, 1.54) is 11.6 Å². The predicted octanol–water partition coefficient (Wildman–Crippen LogP) is 6.85. The van der Waals surface area contributed by atoms with Gasteiger partial charge in [0.05, 0.1) is 6.61 Å². The molecule has 0 atom stereocenters. The number of nitriles is 1. The summed E-state index contributed by atoms with van der Waals surface area (Å²) in [5, 5.41) is 10.1. The molecular formula is C29H24F3NO. The van der Waals surface area contributed by atoms with E-state index >= 15 is 4.39 Å². The summed E-state index contributed by atoms with van der Waals surface area (Å²) in [7, 11) is 1.68. The molecule has 0 aliphatic heterocycles. The fourth-order valence-corrected chi connectivity index (χ4v) is 4.15. The Hall–Kier alpha value is -3.62. The highest BCUT2D eigenvalue weighted by molar-refractivity contribution is 5.84. The van der Waals surface area contributed by atoms with E-state index in [2.05, 4.69) is 24.3 Å². The van der Waals surface area contributed by atoms with Gasteiger partial charge in [0.1, 0.15) is 29.1 Å². The first kappa shape index (κ1) is 23.5. The van der Waals surface area contributed by atoms with Gasteiger partial charge in [-0.1, -0.05) is 54.6 Å². The van der Waals surface area contributed by atoms with Crippen LogP contribution >= 0.6 is 0 Å². The van der Waals surface area contributed by atoms with Crippen molar-refractivity contribution >= 4 is 10.8 Å². The predicted molar refractivity (Wildman–Crippen MR) is 127 cm³/mol. The minimum absolute atomic E-state index is 0.267. The Bertz CT molecular complexity index is 1330. The number of fused-ring (bicyclic) bond motifs is 1. The summed E-state index contributed by atoms with van der Waals surface area (Å²) in [6, 6.07) is 21.5. The van der Waals surface area contributed by atoms with E-state index in [1.54, 1.807) is 19.2 Å². The zero-order valence-corrected chi connectivity index (χ0v) is 18.9. The highest BCUT2D eigenvalue weighted by Crippen LogP contribution is 2.25. The van der Waals surface area contributed by atoms with Gasteiger partial charge in [0.2, 0.25) is 0 Å². The minimum Gasteiger partial charge on any atom is -0.380 e. The van der Waals surface area contributed by atoms with E-state index in [9.17, 15) is 8.78 Å². The molecule has 34 heavy (non-hydrogen) atoms. The number of hydrogen-bond acceptors (Lipinski definition) is 2. The smallest absolute Gasteiger partial charge is 0.144 e. The Labute approximate surface area is 197 Å². The summed E-state index contributed by atoms with van der Waals surface area (Å²) < 4.78 is 48.0. The summed E-state index contributed by atoms with van der Waals surface area (Å²) in [6.45, 7) is 0.597. The van der Waals surface area contributed by atoms with Crippen LogP contribution in [0.2, 0.25) is 0 Å². The standard InChI is InChI=1S/C29H24F3NO/c1-34-18-21-6-3-19(4-7-21)2-5-20-9-13-25-24(14-20)12-11-23(29(25)32)10-8-22-15-27(30)26(17-33)28(31)16-22/h3-4,6-7,9,11-16H,2,5,8,10,18H2,1H3. The van der Waals surface area contributed by atoms with Crippen LogP contribution in [-0.4, -0.2) is 7.11 Å². The molecule has 0 aromatic heterocycles. The van der Waals surface area contributed by atoms with Crippen molar-refractivity contribution in [3.05, 3.63) is 118 Å². The van der Waals surface area contributed by atoms with Crippen LogP contribution < -0.4 is 0 Å². The van der Waals surface area contributed by atoms with Gasteiger partial charge in [-0.3, -0.25) is 0 Å². The third-order valence-electron chi connectivity index (χ3n) is 6.03. The number of aryl methyl sites for hydroxylation is 4. The zero-order chi connectivity index (χ0) is 24.1. The second-order valence-electron chi connectivity index (χ2n) is 8.39. The molecule has 0 saturated carbocycles. The van der Waals surface area contributed by atoms with E-state index in [1.807, 2.05) is 18.2 Å². The molecule has 0 amide bonds. The third-order valence-corrected chi connectivity index (χ3v) is 6.03. The van der Waals surface area contributed by atoms with Gasteiger partial charge < -0.3 is 4.74 Å². The number of nitrogens with zero attached hydrogens (tertiary/aromatic N) is 1. The molecule has 5 heteroatoms. The van der Waals surface area contributed by atoms with Crippen LogP contribution in [0, 0.1) is 28.8 Å². The number of methoxy groups -OCH3 is 1. The van der Waals surface area contributed by atoms with Crippen LogP contribution in [-0.2, 0) is 37.0 Å². The van der Waals surface area contributed by atoms with Crippen molar-refractivity contribution in [3.8, 4) is 6.07 Å². The number of halogens is 3. The molecule has 4 aromatic rings. The molecule has 0 aliphatic carbocycles. The lowest BCUT2D eigenvalue weighted by molar-refractivity contribution is 0.185. The number of hydrogen-bond donors (Lipinski definition) is 0. The van der Waals surface area contributed by atoms with Crippen LogP contribution in [0.15, 0.2) is 66.7 Å². The van der Waals surface area contributed by atoms with Crippen molar-refractivity contribution < 1.29 is 17.9 Å². The van der Waals surface area contributed by atoms with Gasteiger partial charge in [-0.05, 0) is 71.0 Å². The van der Waals surface area contributed by atoms with Crippen LogP contribution in [0.1, 0.15) is 33.4 Å². The van der Waals surface area contributed by atoms with Crippen LogP contribution in [0.5, 0.6) is 0 Å². The molecule has 0 bridgehead atoms. The molecule has 0 heterocycles. The van der Waals surface area contributed by atoms with Gasteiger partial charge in [0.25, 0.3) is 0 Å². The Balaban J connectivity index is 1.45. The van der Waals surface area contributed by atoms with Gasteiger partial charge in [-0.15, -0.1) is 0 Å². The molecule has 0 spiro atoms. The molecule has 0 saturated heterocycles. The molecule has 0 radical (unpaired) electrons. The monoisotopic (exact) mass is 459 g/mol. The maximum Gasteiger partial charge on any atom is 0.144 e. The summed E-state index contributed by atoms with van der Waals surface area (Å²) in [5.41, 5.74) is 3.78. The minimum atomic E-state index is -0.894. The first-order chi connectivity index (χ1) is 16.5. The molecule has 2 nitrogen and oxygen atoms in total. The first-order valence-corrected chi connectivity index (χ1v) is 11.1. The maximum absolute atomic E-state index is 15.1. The third kappa shape index (κ3) is 5.30. The quantitative estimate of drug-likeness (QED) is 0.289. The first-order valence-electron chi connectivity index (χ1n) is 11.1. The van der Waals surface area contributed by atoms with Crippen molar-refractivity contribution in [2.24, 2.45) is 0 Å². The van der Waals surface area contributed by atoms with Crippen molar-refractivity contribution in [1.82, 2.24) is 0 Å². The molecule has 172 valence electrons. The highest BCUT2D eigenvalue weighted by atomic mass is 19.1. The van der Waals surface area contributed by atoms with E-state index in [4.69, 9.17) is 10.00 Å². The van der Waals surface area contributed by atoms with Crippen molar-refractivity contribution in [1.29, 1.82) is 5.26 Å². The van der Waals surface area contributed by atoms with E-state index in [0.717, 1.165) is 41.5 Å². The highest BCUT2D eigenvalue weighted by Gasteiger charge is 2.13. The lowest BCUT2D eigenvalue weighted by Crippen LogP contribution is -1.99. The van der Waals surface area contributed by atoms with Crippen LogP contribution in [0.4, 0.5) is 13.2 Å². The van der Waals surface area contributed by atoms with Crippen LogP contribution in [0.25, 0.3) is 10.8 Å². The van der Waals surface area contributed by atoms with Crippen molar-refractivity contribution in [2.45, 2.75) is 32.3 Å². The molecule has 0 fully saturated rings. The van der Waals surface area contributed by atoms with Crippen LogP contribution in [0.3, 0.4) is 0 Å². The molecular weight excluding hydrogens is 435 g/mol. The SMILES string of the molecule is COCc1ccc(CCc2ccc3c(F)c(CCc4cc(F)c(C#N)c(F)c4)ccc3c2)cc1. The molecule has 0 N–H and O–H groups in total. The average molecular weight is 460 g/mol. The summed E-state index contributed by atoms with van der Waals surface area (Å²) in [4.78, 5) is 0. The Morgan fingerprint density at radius 1 is 0.706 bits per heavy atom. The van der Waals surface area contributed by atoms with Crippen molar-refractivity contribution in [3.63, 3.8) is 0 Å². The Morgan fingerprint density at radius 3 is 2.00 bits per heavy atom. The molecule has 0 unspecified atom stereocenters. The summed E-state index contributed by atoms with van der Waals surface area (Å²) in [5.74, 6) is -2.10. The van der Waals surface area contributed by atoms with Gasteiger partial charge in [-0.25, -0.2) is 13.2 Å². The summed E-state index contributed by atoms with van der Waals surface area (Å²) >= 11 is 0.